The lowest BCUT2D eigenvalue weighted by Crippen LogP contribution is -2.08. The molecule has 0 saturated heterocycles. The lowest BCUT2D eigenvalue weighted by molar-refractivity contribution is 0.0600. The average Bonchev–Trinajstić information content (AvgIpc) is 2.41. The summed E-state index contributed by atoms with van der Waals surface area (Å²) in [5.74, 6) is -0.337. The van der Waals surface area contributed by atoms with Gasteiger partial charge in [0.05, 0.1) is 12.7 Å². The number of hydrogen-bond acceptors (Lipinski definition) is 4. The molecule has 1 aromatic carbocycles. The number of carbonyl (C=O) groups is 1. The van der Waals surface area contributed by atoms with Crippen LogP contribution in [0.1, 0.15) is 42.5 Å². The average molecular weight is 265 g/mol. The van der Waals surface area contributed by atoms with E-state index in [0.717, 1.165) is 4.90 Å². The number of methoxy groups -OCH3 is 1. The fourth-order valence-electron chi connectivity index (χ4n) is 2.26. The van der Waals surface area contributed by atoms with E-state index in [1.807, 2.05) is 17.8 Å². The molecule has 0 atom stereocenters. The summed E-state index contributed by atoms with van der Waals surface area (Å²) in [5, 5.41) is 0.671. The Hall–Kier alpha value is -1.16. The minimum atomic E-state index is -0.337. The minimum absolute atomic E-state index is 0.337. The van der Waals surface area contributed by atoms with Crippen LogP contribution in [-0.2, 0) is 4.74 Å². The highest BCUT2D eigenvalue weighted by Gasteiger charge is 2.16. The van der Waals surface area contributed by atoms with Gasteiger partial charge in [0, 0.05) is 15.8 Å². The molecular weight excluding hydrogens is 246 g/mol. The topological polar surface area (TPSA) is 52.3 Å². The molecule has 2 N–H and O–H groups in total. The van der Waals surface area contributed by atoms with Crippen molar-refractivity contribution in [1.82, 2.24) is 0 Å². The predicted molar refractivity (Wildman–Crippen MR) is 74.9 cm³/mol. The monoisotopic (exact) mass is 265 g/mol. The molecule has 98 valence electrons. The summed E-state index contributed by atoms with van der Waals surface area (Å²) >= 11 is 1.84. The van der Waals surface area contributed by atoms with Crippen LogP contribution in [-0.4, -0.2) is 18.3 Å². The van der Waals surface area contributed by atoms with Crippen LogP contribution in [0.4, 0.5) is 5.69 Å². The van der Waals surface area contributed by atoms with Crippen molar-refractivity contribution in [2.24, 2.45) is 0 Å². The second kappa shape index (κ2) is 6.14. The number of ether oxygens (including phenoxy) is 1. The molecule has 1 aliphatic carbocycles. The van der Waals surface area contributed by atoms with E-state index in [2.05, 4.69) is 4.74 Å². The molecule has 4 heteroatoms. The molecule has 2 rings (SSSR count). The van der Waals surface area contributed by atoms with Crippen molar-refractivity contribution in [1.29, 1.82) is 0 Å². The minimum Gasteiger partial charge on any atom is -0.465 e. The molecule has 1 saturated carbocycles. The largest absolute Gasteiger partial charge is 0.465 e. The lowest BCUT2D eigenvalue weighted by atomic mass is 10.0. The van der Waals surface area contributed by atoms with Crippen LogP contribution in [0.15, 0.2) is 23.1 Å². The first-order valence-electron chi connectivity index (χ1n) is 6.35. The third-order valence-corrected chi connectivity index (χ3v) is 4.71. The second-order valence-electron chi connectivity index (χ2n) is 4.62. The van der Waals surface area contributed by atoms with Crippen LogP contribution in [0.3, 0.4) is 0 Å². The molecule has 1 aliphatic rings. The zero-order chi connectivity index (χ0) is 13.0. The van der Waals surface area contributed by atoms with Gasteiger partial charge in [-0.25, -0.2) is 4.79 Å². The highest BCUT2D eigenvalue weighted by Crippen LogP contribution is 2.36. The number of benzene rings is 1. The van der Waals surface area contributed by atoms with Crippen LogP contribution in [0.2, 0.25) is 0 Å². The van der Waals surface area contributed by atoms with Gasteiger partial charge in [-0.15, -0.1) is 11.8 Å². The van der Waals surface area contributed by atoms with Crippen LogP contribution in [0.25, 0.3) is 0 Å². The van der Waals surface area contributed by atoms with Crippen LogP contribution in [0.5, 0.6) is 0 Å². The number of nitrogens with two attached hydrogens (primary N) is 1. The van der Waals surface area contributed by atoms with Gasteiger partial charge in [0.2, 0.25) is 0 Å². The first-order chi connectivity index (χ1) is 8.70. The van der Waals surface area contributed by atoms with Crippen molar-refractivity contribution in [2.45, 2.75) is 42.2 Å². The Labute approximate surface area is 112 Å². The number of esters is 1. The molecule has 1 fully saturated rings. The van der Waals surface area contributed by atoms with Gasteiger partial charge in [-0.05, 0) is 31.0 Å². The molecule has 1 aromatic rings. The highest BCUT2D eigenvalue weighted by molar-refractivity contribution is 8.00. The third kappa shape index (κ3) is 3.19. The SMILES string of the molecule is COC(=O)c1ccc(SC2CCCCC2)c(N)c1. The van der Waals surface area contributed by atoms with Crippen molar-refractivity contribution in [3.05, 3.63) is 23.8 Å². The van der Waals surface area contributed by atoms with Gasteiger partial charge in [-0.2, -0.15) is 0 Å². The zero-order valence-electron chi connectivity index (χ0n) is 10.6. The number of nitrogen functional groups attached to an aromatic ring is 1. The Morgan fingerprint density at radius 1 is 1.33 bits per heavy atom. The Balaban J connectivity index is 2.07. The molecule has 0 unspecified atom stereocenters. The number of carbonyl (C=O) groups excluding carboxylic acids is 1. The van der Waals surface area contributed by atoms with E-state index in [9.17, 15) is 4.79 Å². The molecule has 0 heterocycles. The van der Waals surface area contributed by atoms with Gasteiger partial charge in [0.15, 0.2) is 0 Å². The van der Waals surface area contributed by atoms with E-state index in [4.69, 9.17) is 5.73 Å². The number of hydrogen-bond donors (Lipinski definition) is 1. The first kappa shape index (κ1) is 13.3. The van der Waals surface area contributed by atoms with Crippen molar-refractivity contribution >= 4 is 23.4 Å². The van der Waals surface area contributed by atoms with E-state index in [1.54, 1.807) is 12.1 Å². The van der Waals surface area contributed by atoms with Crippen molar-refractivity contribution in [3.63, 3.8) is 0 Å². The van der Waals surface area contributed by atoms with Gasteiger partial charge in [-0.3, -0.25) is 0 Å². The molecule has 0 spiro atoms. The third-order valence-electron chi connectivity index (χ3n) is 3.28. The van der Waals surface area contributed by atoms with E-state index < -0.39 is 0 Å². The molecular formula is C14H19NO2S. The fraction of sp³-hybridized carbons (Fsp3) is 0.500. The molecule has 0 aliphatic heterocycles. The van der Waals surface area contributed by atoms with Gasteiger partial charge >= 0.3 is 5.97 Å². The normalized spacial score (nSPS) is 16.5. The summed E-state index contributed by atoms with van der Waals surface area (Å²) < 4.78 is 4.68. The van der Waals surface area contributed by atoms with Gasteiger partial charge in [-0.1, -0.05) is 19.3 Å². The molecule has 0 radical (unpaired) electrons. The first-order valence-corrected chi connectivity index (χ1v) is 7.23. The highest BCUT2D eigenvalue weighted by atomic mass is 32.2. The summed E-state index contributed by atoms with van der Waals surface area (Å²) in [4.78, 5) is 12.5. The van der Waals surface area contributed by atoms with Crippen LogP contribution < -0.4 is 5.73 Å². The maximum Gasteiger partial charge on any atom is 0.337 e. The molecule has 0 amide bonds. The van der Waals surface area contributed by atoms with E-state index in [0.29, 0.717) is 16.5 Å². The number of rotatable bonds is 3. The number of anilines is 1. The maximum absolute atomic E-state index is 11.4. The molecule has 0 bridgehead atoms. The Kier molecular flexibility index (Phi) is 4.53. The summed E-state index contributed by atoms with van der Waals surface area (Å²) in [5.41, 5.74) is 7.19. The second-order valence-corrected chi connectivity index (χ2v) is 5.96. The van der Waals surface area contributed by atoms with Crippen molar-refractivity contribution in [2.75, 3.05) is 12.8 Å². The Morgan fingerprint density at radius 3 is 2.67 bits per heavy atom. The summed E-state index contributed by atoms with van der Waals surface area (Å²) in [6.07, 6.45) is 6.52. The summed E-state index contributed by atoms with van der Waals surface area (Å²) in [6, 6.07) is 5.42. The Bertz CT molecular complexity index is 428. The molecule has 0 aromatic heterocycles. The Morgan fingerprint density at radius 2 is 2.06 bits per heavy atom. The van der Waals surface area contributed by atoms with Gasteiger partial charge in [0.1, 0.15) is 0 Å². The summed E-state index contributed by atoms with van der Waals surface area (Å²) in [6.45, 7) is 0. The van der Waals surface area contributed by atoms with Crippen molar-refractivity contribution < 1.29 is 9.53 Å². The maximum atomic E-state index is 11.4. The fourth-order valence-corrected chi connectivity index (χ4v) is 3.53. The lowest BCUT2D eigenvalue weighted by Gasteiger charge is -2.21. The predicted octanol–water partition coefficient (Wildman–Crippen LogP) is 3.48. The number of thioether (sulfide) groups is 1. The summed E-state index contributed by atoms with van der Waals surface area (Å²) in [7, 11) is 1.38. The standard InChI is InChI=1S/C14H19NO2S/c1-17-14(16)10-7-8-13(12(15)9-10)18-11-5-3-2-4-6-11/h7-9,11H,2-6,15H2,1H3. The quantitative estimate of drug-likeness (QED) is 0.671. The molecule has 18 heavy (non-hydrogen) atoms. The smallest absolute Gasteiger partial charge is 0.337 e. The van der Waals surface area contributed by atoms with E-state index >= 15 is 0 Å². The zero-order valence-corrected chi connectivity index (χ0v) is 11.5. The van der Waals surface area contributed by atoms with Crippen LogP contribution in [0, 0.1) is 0 Å². The van der Waals surface area contributed by atoms with Crippen LogP contribution >= 0.6 is 11.8 Å². The van der Waals surface area contributed by atoms with E-state index in [1.165, 1.54) is 39.2 Å². The van der Waals surface area contributed by atoms with E-state index in [-0.39, 0.29) is 5.97 Å². The molecule has 3 nitrogen and oxygen atoms in total. The van der Waals surface area contributed by atoms with Crippen molar-refractivity contribution in [3.8, 4) is 0 Å². The van der Waals surface area contributed by atoms with Gasteiger partial charge in [0.25, 0.3) is 0 Å². The van der Waals surface area contributed by atoms with Gasteiger partial charge < -0.3 is 10.5 Å².